The maximum absolute atomic E-state index is 2.42. The van der Waals surface area contributed by atoms with E-state index in [-0.39, 0.29) is 0 Å². The lowest BCUT2D eigenvalue weighted by Crippen LogP contribution is -2.37. The summed E-state index contributed by atoms with van der Waals surface area (Å²) in [7, 11) is -1.39. The van der Waals surface area contributed by atoms with Gasteiger partial charge in [0.25, 0.3) is 0 Å². The summed E-state index contributed by atoms with van der Waals surface area (Å²) in [4.78, 5) is 0. The summed E-state index contributed by atoms with van der Waals surface area (Å²) in [6, 6.07) is 9.60. The lowest BCUT2D eigenvalue weighted by atomic mass is 10.4. The summed E-state index contributed by atoms with van der Waals surface area (Å²) >= 11 is 0. The van der Waals surface area contributed by atoms with Gasteiger partial charge in [-0.1, -0.05) is 75.4 Å². The van der Waals surface area contributed by atoms with Crippen LogP contribution in [0.2, 0.25) is 24.2 Å². The Kier molecular flexibility index (Phi) is 5.00. The van der Waals surface area contributed by atoms with E-state index in [1.807, 2.05) is 0 Å². The maximum atomic E-state index is 2.42. The lowest BCUT2D eigenvalue weighted by molar-refractivity contribution is 0.951. The normalized spacial score (nSPS) is 12.1. The summed E-state index contributed by atoms with van der Waals surface area (Å²) in [6.45, 7) is 14.4. The van der Waals surface area contributed by atoms with Crippen molar-refractivity contribution < 1.29 is 0 Å². The van der Waals surface area contributed by atoms with Crippen LogP contribution in [0.3, 0.4) is 0 Å². The van der Waals surface area contributed by atoms with E-state index >= 15 is 0 Å². The van der Waals surface area contributed by atoms with Crippen molar-refractivity contribution in [3.63, 3.8) is 0 Å². The number of hydrogen-bond acceptors (Lipinski definition) is 0. The van der Waals surface area contributed by atoms with Crippen molar-refractivity contribution in [1.82, 2.24) is 0 Å². The molecule has 0 aliphatic heterocycles. The van der Waals surface area contributed by atoms with Gasteiger partial charge in [0.2, 0.25) is 0 Å². The smallest absolute Gasteiger partial charge is 0.0682 e. The minimum Gasteiger partial charge on any atom is -0.0682 e. The van der Waals surface area contributed by atoms with Crippen LogP contribution >= 0.6 is 0 Å². The van der Waals surface area contributed by atoms with Gasteiger partial charge in [0.15, 0.2) is 0 Å². The molecule has 16 heavy (non-hydrogen) atoms. The van der Waals surface area contributed by atoms with Crippen LogP contribution in [0.15, 0.2) is 24.3 Å². The molecule has 90 valence electrons. The van der Waals surface area contributed by atoms with Crippen molar-refractivity contribution in [2.75, 3.05) is 0 Å². The average Bonchev–Trinajstić information content (AvgIpc) is 2.17. The fraction of sp³-hybridized carbons (Fsp3) is 0.571. The molecule has 2 heteroatoms. The Hall–Kier alpha value is -0.346. The molecule has 0 nitrogen and oxygen atoms in total. The van der Waals surface area contributed by atoms with Gasteiger partial charge in [-0.2, -0.15) is 0 Å². The zero-order valence-electron chi connectivity index (χ0n) is 11.6. The van der Waals surface area contributed by atoms with Crippen molar-refractivity contribution in [2.24, 2.45) is 0 Å². The standard InChI is InChI=1S/C14H26Si2/c1-11(2)16(12(3)4)14-9-7-13(8-10-14)15(5)6/h7-12,15-16H,1-6H3. The molecular weight excluding hydrogens is 224 g/mol. The third-order valence-corrected chi connectivity index (χ3v) is 9.17. The van der Waals surface area contributed by atoms with Gasteiger partial charge in [0.05, 0.1) is 17.6 Å². The van der Waals surface area contributed by atoms with E-state index in [9.17, 15) is 0 Å². The first-order valence-electron chi connectivity index (χ1n) is 6.53. The molecule has 1 aromatic carbocycles. The summed E-state index contributed by atoms with van der Waals surface area (Å²) in [6.07, 6.45) is 0. The molecule has 0 fully saturated rings. The predicted octanol–water partition coefficient (Wildman–Crippen LogP) is 2.63. The Morgan fingerprint density at radius 3 is 1.44 bits per heavy atom. The molecular formula is C14H26Si2. The monoisotopic (exact) mass is 250 g/mol. The molecule has 0 aromatic heterocycles. The second-order valence-electron chi connectivity index (χ2n) is 5.84. The first-order valence-corrected chi connectivity index (χ1v) is 11.3. The third-order valence-electron chi connectivity index (χ3n) is 3.42. The molecule has 0 unspecified atom stereocenters. The molecule has 0 radical (unpaired) electrons. The molecule has 1 aromatic rings. The highest BCUT2D eigenvalue weighted by Crippen LogP contribution is 2.19. The van der Waals surface area contributed by atoms with Crippen molar-refractivity contribution in [3.05, 3.63) is 24.3 Å². The number of hydrogen-bond donors (Lipinski definition) is 0. The summed E-state index contributed by atoms with van der Waals surface area (Å²) in [5, 5.41) is 3.26. The largest absolute Gasteiger partial charge is 0.0758 e. The molecule has 0 amide bonds. The number of rotatable bonds is 4. The van der Waals surface area contributed by atoms with Crippen LogP contribution in [0, 0.1) is 0 Å². The van der Waals surface area contributed by atoms with E-state index in [0.29, 0.717) is 0 Å². The Labute approximate surface area is 104 Å². The average molecular weight is 251 g/mol. The van der Waals surface area contributed by atoms with Gasteiger partial charge in [-0.3, -0.25) is 0 Å². The minimum absolute atomic E-state index is 0.615. The molecule has 1 rings (SSSR count). The van der Waals surface area contributed by atoms with Crippen LogP contribution in [-0.4, -0.2) is 17.6 Å². The van der Waals surface area contributed by atoms with E-state index in [1.54, 1.807) is 10.4 Å². The zero-order chi connectivity index (χ0) is 12.3. The Bertz CT molecular complexity index is 304. The van der Waals surface area contributed by atoms with Crippen LogP contribution in [0.1, 0.15) is 27.7 Å². The van der Waals surface area contributed by atoms with Gasteiger partial charge in [0.1, 0.15) is 0 Å². The molecule has 0 saturated carbocycles. The van der Waals surface area contributed by atoms with Crippen molar-refractivity contribution in [2.45, 2.75) is 51.9 Å². The Morgan fingerprint density at radius 1 is 0.750 bits per heavy atom. The Morgan fingerprint density at radius 2 is 1.12 bits per heavy atom. The molecule has 0 N–H and O–H groups in total. The topological polar surface area (TPSA) is 0 Å². The maximum Gasteiger partial charge on any atom is 0.0758 e. The molecule has 0 aliphatic rings. The van der Waals surface area contributed by atoms with Crippen LogP contribution in [0.25, 0.3) is 0 Å². The molecule has 0 spiro atoms. The van der Waals surface area contributed by atoms with Gasteiger partial charge >= 0.3 is 0 Å². The van der Waals surface area contributed by atoms with Gasteiger partial charge in [-0.25, -0.2) is 0 Å². The van der Waals surface area contributed by atoms with E-state index in [1.165, 1.54) is 0 Å². The molecule has 0 bridgehead atoms. The van der Waals surface area contributed by atoms with Crippen LogP contribution < -0.4 is 10.4 Å². The quantitative estimate of drug-likeness (QED) is 0.721. The van der Waals surface area contributed by atoms with Gasteiger partial charge in [-0.05, 0) is 11.1 Å². The van der Waals surface area contributed by atoms with E-state index in [0.717, 1.165) is 11.1 Å². The predicted molar refractivity (Wildman–Crippen MR) is 81.9 cm³/mol. The SMILES string of the molecule is CC(C)[SiH](c1ccc([SiH](C)C)cc1)C(C)C. The second kappa shape index (κ2) is 5.83. The molecule has 0 saturated heterocycles. The lowest BCUT2D eigenvalue weighted by Gasteiger charge is -2.24. The van der Waals surface area contributed by atoms with Gasteiger partial charge < -0.3 is 0 Å². The highest BCUT2D eigenvalue weighted by atomic mass is 28.3. The van der Waals surface area contributed by atoms with Crippen molar-refractivity contribution >= 4 is 28.0 Å². The van der Waals surface area contributed by atoms with E-state index < -0.39 is 17.6 Å². The Balaban J connectivity index is 2.94. The van der Waals surface area contributed by atoms with Crippen molar-refractivity contribution in [3.8, 4) is 0 Å². The van der Waals surface area contributed by atoms with Crippen LogP contribution in [0.5, 0.6) is 0 Å². The summed E-state index contributed by atoms with van der Waals surface area (Å²) in [5.41, 5.74) is 1.73. The van der Waals surface area contributed by atoms with Crippen molar-refractivity contribution in [1.29, 1.82) is 0 Å². The summed E-state index contributed by atoms with van der Waals surface area (Å²) in [5.74, 6) is 0. The summed E-state index contributed by atoms with van der Waals surface area (Å²) < 4.78 is 0. The highest BCUT2D eigenvalue weighted by Gasteiger charge is 2.21. The van der Waals surface area contributed by atoms with Gasteiger partial charge in [0, 0.05) is 0 Å². The van der Waals surface area contributed by atoms with E-state index in [2.05, 4.69) is 65.1 Å². The second-order valence-corrected chi connectivity index (χ2v) is 13.2. The van der Waals surface area contributed by atoms with Crippen LogP contribution in [-0.2, 0) is 0 Å². The van der Waals surface area contributed by atoms with Crippen LogP contribution in [0.4, 0.5) is 0 Å². The minimum atomic E-state index is -0.775. The number of benzene rings is 1. The fourth-order valence-electron chi connectivity index (χ4n) is 2.64. The first-order chi connectivity index (χ1) is 7.43. The molecule has 0 heterocycles. The van der Waals surface area contributed by atoms with Gasteiger partial charge in [-0.15, -0.1) is 0 Å². The fourth-order valence-corrected chi connectivity index (χ4v) is 7.32. The van der Waals surface area contributed by atoms with E-state index in [4.69, 9.17) is 0 Å². The third kappa shape index (κ3) is 3.32. The molecule has 0 aliphatic carbocycles. The molecule has 0 atom stereocenters. The highest BCUT2D eigenvalue weighted by molar-refractivity contribution is 6.76. The zero-order valence-corrected chi connectivity index (χ0v) is 13.9. The first kappa shape index (κ1) is 13.7.